The minimum Gasteiger partial charge on any atom is -0.332 e. The van der Waals surface area contributed by atoms with E-state index in [0.29, 0.717) is 5.56 Å². The molecule has 0 aliphatic rings. The highest BCUT2D eigenvalue weighted by molar-refractivity contribution is 5.99. The van der Waals surface area contributed by atoms with Crippen molar-refractivity contribution in [2.45, 2.75) is 20.8 Å². The number of benzene rings is 2. The van der Waals surface area contributed by atoms with Crippen molar-refractivity contribution in [1.82, 2.24) is 9.47 Å². The fourth-order valence-electron chi connectivity index (χ4n) is 3.35. The molecule has 28 heavy (non-hydrogen) atoms. The van der Waals surface area contributed by atoms with E-state index in [1.165, 1.54) is 4.90 Å². The van der Waals surface area contributed by atoms with Gasteiger partial charge in [0.1, 0.15) is 0 Å². The minimum atomic E-state index is -0.213. The third-order valence-corrected chi connectivity index (χ3v) is 4.69. The highest BCUT2D eigenvalue weighted by Gasteiger charge is 2.16. The maximum Gasteiger partial charge on any atom is 0.254 e. The smallest absolute Gasteiger partial charge is 0.254 e. The Morgan fingerprint density at radius 1 is 0.964 bits per heavy atom. The zero-order chi connectivity index (χ0) is 20.3. The number of carbonyl (C=O) groups is 2. The van der Waals surface area contributed by atoms with E-state index in [1.807, 2.05) is 74.1 Å². The van der Waals surface area contributed by atoms with E-state index in [0.717, 1.165) is 28.1 Å². The topological polar surface area (TPSA) is 54.3 Å². The Hall–Kier alpha value is -3.34. The number of nitrogens with zero attached hydrogens (tertiary/aromatic N) is 2. The molecule has 0 aliphatic heterocycles. The fraction of sp³-hybridized carbons (Fsp3) is 0.217. The van der Waals surface area contributed by atoms with Gasteiger partial charge in [-0.05, 0) is 68.3 Å². The van der Waals surface area contributed by atoms with Gasteiger partial charge in [-0.15, -0.1) is 0 Å². The van der Waals surface area contributed by atoms with Crippen molar-refractivity contribution in [3.63, 3.8) is 0 Å². The third kappa shape index (κ3) is 4.31. The van der Waals surface area contributed by atoms with Crippen molar-refractivity contribution in [1.29, 1.82) is 0 Å². The van der Waals surface area contributed by atoms with Gasteiger partial charge in [0.15, 0.2) is 0 Å². The summed E-state index contributed by atoms with van der Waals surface area (Å²) in [6.45, 7) is 5.96. The SMILES string of the molecule is Cc1cc(C)c(NC(=O)CN(C)C(=O)c2ccc(-n3cccc3)cc2)c(C)c1. The predicted octanol–water partition coefficient (Wildman–Crippen LogP) is 4.11. The van der Waals surface area contributed by atoms with Gasteiger partial charge >= 0.3 is 0 Å². The third-order valence-electron chi connectivity index (χ3n) is 4.69. The lowest BCUT2D eigenvalue weighted by Gasteiger charge is -2.19. The number of hydrogen-bond donors (Lipinski definition) is 1. The Kier molecular flexibility index (Phi) is 5.64. The molecule has 144 valence electrons. The molecule has 0 bridgehead atoms. The largest absolute Gasteiger partial charge is 0.332 e. The first-order valence-corrected chi connectivity index (χ1v) is 9.21. The van der Waals surface area contributed by atoms with Crippen LogP contribution in [0, 0.1) is 20.8 Å². The molecule has 0 aliphatic carbocycles. The van der Waals surface area contributed by atoms with E-state index in [-0.39, 0.29) is 18.4 Å². The molecule has 0 radical (unpaired) electrons. The number of nitrogens with one attached hydrogen (secondary N) is 1. The number of likely N-dealkylation sites (N-methyl/N-ethyl adjacent to an activating group) is 1. The summed E-state index contributed by atoms with van der Waals surface area (Å²) < 4.78 is 1.97. The molecule has 0 atom stereocenters. The second kappa shape index (κ2) is 8.13. The molecule has 0 spiro atoms. The van der Waals surface area contributed by atoms with Gasteiger partial charge in [-0.25, -0.2) is 0 Å². The predicted molar refractivity (Wildman–Crippen MR) is 112 cm³/mol. The van der Waals surface area contributed by atoms with Gasteiger partial charge < -0.3 is 14.8 Å². The molecule has 3 aromatic rings. The van der Waals surface area contributed by atoms with Crippen molar-refractivity contribution in [3.8, 4) is 5.69 Å². The van der Waals surface area contributed by atoms with Crippen LogP contribution in [-0.4, -0.2) is 34.9 Å². The molecule has 0 saturated carbocycles. The van der Waals surface area contributed by atoms with E-state index < -0.39 is 0 Å². The van der Waals surface area contributed by atoms with E-state index in [1.54, 1.807) is 19.2 Å². The molecule has 1 heterocycles. The Morgan fingerprint density at radius 3 is 2.11 bits per heavy atom. The first kappa shape index (κ1) is 19.4. The van der Waals surface area contributed by atoms with Crippen LogP contribution in [0.25, 0.3) is 5.69 Å². The maximum absolute atomic E-state index is 12.6. The standard InChI is InChI=1S/C23H25N3O2/c1-16-13-17(2)22(18(3)14-16)24-21(27)15-25(4)23(28)19-7-9-20(10-8-19)26-11-5-6-12-26/h5-14H,15H2,1-4H3,(H,24,27). The summed E-state index contributed by atoms with van der Waals surface area (Å²) >= 11 is 0. The van der Waals surface area contributed by atoms with Crippen LogP contribution in [0.4, 0.5) is 5.69 Å². The molecule has 2 aromatic carbocycles. The Labute approximate surface area is 165 Å². The van der Waals surface area contributed by atoms with E-state index in [4.69, 9.17) is 0 Å². The van der Waals surface area contributed by atoms with E-state index in [2.05, 4.69) is 5.32 Å². The van der Waals surface area contributed by atoms with Crippen LogP contribution in [0.5, 0.6) is 0 Å². The Morgan fingerprint density at radius 2 is 1.54 bits per heavy atom. The summed E-state index contributed by atoms with van der Waals surface area (Å²) in [6.07, 6.45) is 3.89. The van der Waals surface area contributed by atoms with Crippen LogP contribution in [0.1, 0.15) is 27.0 Å². The van der Waals surface area contributed by atoms with Crippen LogP contribution in [0.3, 0.4) is 0 Å². The molecule has 5 nitrogen and oxygen atoms in total. The number of amides is 2. The molecule has 0 unspecified atom stereocenters. The molecule has 3 rings (SSSR count). The average Bonchev–Trinajstić information content (AvgIpc) is 3.19. The number of rotatable bonds is 5. The highest BCUT2D eigenvalue weighted by Crippen LogP contribution is 2.22. The lowest BCUT2D eigenvalue weighted by atomic mass is 10.1. The summed E-state index contributed by atoms with van der Waals surface area (Å²) in [6, 6.07) is 15.3. The second-order valence-corrected chi connectivity index (χ2v) is 7.12. The number of aryl methyl sites for hydroxylation is 3. The number of carbonyl (C=O) groups excluding carboxylic acids is 2. The van der Waals surface area contributed by atoms with Crippen molar-refractivity contribution < 1.29 is 9.59 Å². The fourth-order valence-corrected chi connectivity index (χ4v) is 3.35. The molecule has 0 saturated heterocycles. The lowest BCUT2D eigenvalue weighted by molar-refractivity contribution is -0.116. The summed E-state index contributed by atoms with van der Waals surface area (Å²) in [5, 5.41) is 2.93. The zero-order valence-corrected chi connectivity index (χ0v) is 16.7. The Bertz CT molecular complexity index is 966. The van der Waals surface area contributed by atoms with Gasteiger partial charge in [0.2, 0.25) is 5.91 Å². The number of anilines is 1. The van der Waals surface area contributed by atoms with Crippen molar-refractivity contribution in [2.24, 2.45) is 0 Å². The molecule has 1 aromatic heterocycles. The normalized spacial score (nSPS) is 10.6. The summed E-state index contributed by atoms with van der Waals surface area (Å²) in [4.78, 5) is 26.5. The van der Waals surface area contributed by atoms with Gasteiger partial charge in [-0.2, -0.15) is 0 Å². The van der Waals surface area contributed by atoms with Crippen LogP contribution in [0.15, 0.2) is 60.9 Å². The van der Waals surface area contributed by atoms with Crippen molar-refractivity contribution in [3.05, 3.63) is 83.2 Å². The van der Waals surface area contributed by atoms with Crippen LogP contribution in [-0.2, 0) is 4.79 Å². The molecule has 5 heteroatoms. The van der Waals surface area contributed by atoms with Gasteiger partial charge in [-0.1, -0.05) is 17.7 Å². The molecular weight excluding hydrogens is 350 g/mol. The van der Waals surface area contributed by atoms with Crippen molar-refractivity contribution in [2.75, 3.05) is 18.9 Å². The van der Waals surface area contributed by atoms with Crippen LogP contribution in [0.2, 0.25) is 0 Å². The van der Waals surface area contributed by atoms with E-state index in [9.17, 15) is 9.59 Å². The number of hydrogen-bond acceptors (Lipinski definition) is 2. The molecule has 1 N–H and O–H groups in total. The summed E-state index contributed by atoms with van der Waals surface area (Å²) in [5.41, 5.74) is 5.53. The summed E-state index contributed by atoms with van der Waals surface area (Å²) in [5.74, 6) is -0.401. The monoisotopic (exact) mass is 375 g/mol. The Balaban J connectivity index is 1.64. The first-order valence-electron chi connectivity index (χ1n) is 9.21. The molecular formula is C23H25N3O2. The van der Waals surface area contributed by atoms with Gasteiger partial charge in [0.05, 0.1) is 6.54 Å². The van der Waals surface area contributed by atoms with Gasteiger partial charge in [-0.3, -0.25) is 9.59 Å². The maximum atomic E-state index is 12.6. The van der Waals surface area contributed by atoms with Gasteiger partial charge in [0.25, 0.3) is 5.91 Å². The number of aromatic nitrogens is 1. The van der Waals surface area contributed by atoms with Crippen molar-refractivity contribution >= 4 is 17.5 Å². The quantitative estimate of drug-likeness (QED) is 0.729. The minimum absolute atomic E-state index is 0.00899. The molecule has 2 amide bonds. The summed E-state index contributed by atoms with van der Waals surface area (Å²) in [7, 11) is 1.64. The highest BCUT2D eigenvalue weighted by atomic mass is 16.2. The second-order valence-electron chi connectivity index (χ2n) is 7.12. The zero-order valence-electron chi connectivity index (χ0n) is 16.7. The molecule has 0 fully saturated rings. The van der Waals surface area contributed by atoms with Gasteiger partial charge in [0, 0.05) is 36.4 Å². The first-order chi connectivity index (χ1) is 13.3. The average molecular weight is 375 g/mol. The van der Waals surface area contributed by atoms with Crippen LogP contribution >= 0.6 is 0 Å². The van der Waals surface area contributed by atoms with Crippen LogP contribution < -0.4 is 5.32 Å². The van der Waals surface area contributed by atoms with E-state index >= 15 is 0 Å². The lowest BCUT2D eigenvalue weighted by Crippen LogP contribution is -2.35.